The number of hydrogen-bond donors (Lipinski definition) is 3. The Balaban J connectivity index is 2.11. The van der Waals surface area contributed by atoms with Gasteiger partial charge in [0, 0.05) is 0 Å². The van der Waals surface area contributed by atoms with Crippen LogP contribution >= 0.6 is 0 Å². The van der Waals surface area contributed by atoms with Crippen LogP contribution in [0, 0.1) is 0 Å². The molecule has 24 heavy (non-hydrogen) atoms. The van der Waals surface area contributed by atoms with E-state index in [4.69, 9.17) is 14.8 Å². The third-order valence-electron chi connectivity index (χ3n) is 3.16. The molecular formula is C12H10N4O6S2. The summed E-state index contributed by atoms with van der Waals surface area (Å²) < 4.78 is 62.6. The topological polar surface area (TPSA) is 165 Å². The van der Waals surface area contributed by atoms with Gasteiger partial charge in [0.1, 0.15) is 15.9 Å². The maximum absolute atomic E-state index is 11.2. The van der Waals surface area contributed by atoms with Gasteiger partial charge in [-0.3, -0.25) is 9.11 Å². The first-order valence-electron chi connectivity index (χ1n) is 6.28. The standard InChI is InChI=1S/C12H10N4O6S2/c13-9-5-10-11(6-12(9)24(20,21)22)15-16(14-10)7-1-3-8(4-2-7)23(17,18)19/h1-6H,13H2,(H,17,18,19)(H,20,21,22). The molecule has 0 unspecified atom stereocenters. The second-order valence-corrected chi connectivity index (χ2v) is 7.62. The van der Waals surface area contributed by atoms with Crippen LogP contribution < -0.4 is 5.73 Å². The molecule has 12 heteroatoms. The Labute approximate surface area is 136 Å². The quantitative estimate of drug-likeness (QED) is 0.439. The third kappa shape index (κ3) is 2.94. The van der Waals surface area contributed by atoms with Gasteiger partial charge in [-0.15, -0.1) is 10.2 Å². The minimum absolute atomic E-state index is 0.163. The molecule has 0 amide bonds. The number of nitrogens with two attached hydrogens (primary N) is 1. The molecule has 3 aromatic rings. The molecule has 0 atom stereocenters. The van der Waals surface area contributed by atoms with Gasteiger partial charge in [0.15, 0.2) is 0 Å². The summed E-state index contributed by atoms with van der Waals surface area (Å²) in [4.78, 5) is 0.357. The molecule has 4 N–H and O–H groups in total. The molecule has 1 heterocycles. The first kappa shape index (κ1) is 16.3. The highest BCUT2D eigenvalue weighted by atomic mass is 32.2. The largest absolute Gasteiger partial charge is 0.398 e. The van der Waals surface area contributed by atoms with Gasteiger partial charge in [0.05, 0.1) is 16.3 Å². The van der Waals surface area contributed by atoms with Gasteiger partial charge in [0.2, 0.25) is 0 Å². The van der Waals surface area contributed by atoms with Crippen LogP contribution in [-0.4, -0.2) is 40.9 Å². The van der Waals surface area contributed by atoms with E-state index in [9.17, 15) is 16.8 Å². The number of nitrogen functional groups attached to an aromatic ring is 1. The molecule has 0 radical (unpaired) electrons. The van der Waals surface area contributed by atoms with E-state index in [1.165, 1.54) is 18.2 Å². The lowest BCUT2D eigenvalue weighted by Gasteiger charge is -2.00. The summed E-state index contributed by atoms with van der Waals surface area (Å²) in [5, 5.41) is 8.15. The Kier molecular flexibility index (Phi) is 3.56. The molecule has 0 fully saturated rings. The second-order valence-electron chi connectivity index (χ2n) is 4.81. The Morgan fingerprint density at radius 1 is 0.875 bits per heavy atom. The number of anilines is 1. The molecule has 0 spiro atoms. The van der Waals surface area contributed by atoms with Crippen LogP contribution in [0.2, 0.25) is 0 Å². The van der Waals surface area contributed by atoms with Crippen molar-refractivity contribution in [1.29, 1.82) is 0 Å². The van der Waals surface area contributed by atoms with E-state index < -0.39 is 25.1 Å². The van der Waals surface area contributed by atoms with Gasteiger partial charge in [-0.2, -0.15) is 21.6 Å². The van der Waals surface area contributed by atoms with Crippen molar-refractivity contribution >= 4 is 37.0 Å². The first-order chi connectivity index (χ1) is 11.1. The van der Waals surface area contributed by atoms with Crippen LogP contribution in [0.3, 0.4) is 0 Å². The van der Waals surface area contributed by atoms with Gasteiger partial charge in [-0.1, -0.05) is 0 Å². The van der Waals surface area contributed by atoms with E-state index in [2.05, 4.69) is 10.2 Å². The molecule has 0 saturated carbocycles. The molecule has 0 aliphatic rings. The minimum Gasteiger partial charge on any atom is -0.398 e. The number of benzene rings is 2. The van der Waals surface area contributed by atoms with Crippen molar-refractivity contribution in [1.82, 2.24) is 15.0 Å². The zero-order chi connectivity index (χ0) is 17.7. The summed E-state index contributed by atoms with van der Waals surface area (Å²) in [6.07, 6.45) is 0. The van der Waals surface area contributed by atoms with Crippen molar-refractivity contribution in [2.24, 2.45) is 0 Å². The van der Waals surface area contributed by atoms with Crippen LogP contribution in [0.15, 0.2) is 46.2 Å². The molecule has 126 valence electrons. The minimum atomic E-state index is -4.50. The van der Waals surface area contributed by atoms with Gasteiger partial charge >= 0.3 is 0 Å². The number of fused-ring (bicyclic) bond motifs is 1. The van der Waals surface area contributed by atoms with Crippen molar-refractivity contribution in [2.45, 2.75) is 9.79 Å². The van der Waals surface area contributed by atoms with Crippen molar-refractivity contribution < 1.29 is 25.9 Å². The Bertz CT molecular complexity index is 1150. The Morgan fingerprint density at radius 3 is 1.92 bits per heavy atom. The molecule has 0 aliphatic heterocycles. The average Bonchev–Trinajstić information content (AvgIpc) is 2.87. The summed E-state index contributed by atoms with van der Waals surface area (Å²) >= 11 is 0. The SMILES string of the molecule is Nc1cc2nn(-c3ccc(S(=O)(=O)O)cc3)nc2cc1S(=O)(=O)O. The molecule has 10 nitrogen and oxygen atoms in total. The van der Waals surface area contributed by atoms with Gasteiger partial charge in [0.25, 0.3) is 20.2 Å². The van der Waals surface area contributed by atoms with E-state index >= 15 is 0 Å². The van der Waals surface area contributed by atoms with Gasteiger partial charge in [-0.05, 0) is 36.4 Å². The highest BCUT2D eigenvalue weighted by molar-refractivity contribution is 7.86. The Hall–Kier alpha value is -2.54. The maximum Gasteiger partial charge on any atom is 0.296 e. The summed E-state index contributed by atoms with van der Waals surface area (Å²) in [5.74, 6) is 0. The number of aromatic nitrogens is 3. The molecule has 0 saturated heterocycles. The fraction of sp³-hybridized carbons (Fsp3) is 0. The molecule has 3 rings (SSSR count). The zero-order valence-corrected chi connectivity index (χ0v) is 13.4. The van der Waals surface area contributed by atoms with Gasteiger partial charge < -0.3 is 5.73 Å². The van der Waals surface area contributed by atoms with Gasteiger partial charge in [-0.25, -0.2) is 0 Å². The highest BCUT2D eigenvalue weighted by Crippen LogP contribution is 2.24. The number of hydrogen-bond acceptors (Lipinski definition) is 7. The van der Waals surface area contributed by atoms with Crippen molar-refractivity contribution in [2.75, 3.05) is 5.73 Å². The maximum atomic E-state index is 11.2. The molecule has 0 aliphatic carbocycles. The fourth-order valence-electron chi connectivity index (χ4n) is 2.05. The van der Waals surface area contributed by atoms with E-state index in [1.807, 2.05) is 0 Å². The van der Waals surface area contributed by atoms with Crippen molar-refractivity contribution in [3.8, 4) is 5.69 Å². The van der Waals surface area contributed by atoms with Crippen LogP contribution in [0.5, 0.6) is 0 Å². The fourth-order valence-corrected chi connectivity index (χ4v) is 3.15. The van der Waals surface area contributed by atoms with Crippen LogP contribution in [0.1, 0.15) is 0 Å². The number of nitrogens with zero attached hydrogens (tertiary/aromatic N) is 3. The predicted molar refractivity (Wildman–Crippen MR) is 82.9 cm³/mol. The predicted octanol–water partition coefficient (Wildman–Crippen LogP) is 0.496. The van der Waals surface area contributed by atoms with Crippen molar-refractivity contribution in [3.63, 3.8) is 0 Å². The third-order valence-corrected chi connectivity index (χ3v) is 4.93. The Morgan fingerprint density at radius 2 is 1.42 bits per heavy atom. The van der Waals surface area contributed by atoms with Crippen LogP contribution in [-0.2, 0) is 20.2 Å². The van der Waals surface area contributed by atoms with E-state index in [0.29, 0.717) is 5.69 Å². The summed E-state index contributed by atoms with van der Waals surface area (Å²) in [5.41, 5.74) is 6.20. The lowest BCUT2D eigenvalue weighted by atomic mass is 10.3. The highest BCUT2D eigenvalue weighted by Gasteiger charge is 2.17. The molecular weight excluding hydrogens is 360 g/mol. The van der Waals surface area contributed by atoms with E-state index in [0.717, 1.165) is 23.0 Å². The zero-order valence-electron chi connectivity index (χ0n) is 11.7. The second kappa shape index (κ2) is 5.24. The van der Waals surface area contributed by atoms with E-state index in [1.54, 1.807) is 0 Å². The lowest BCUT2D eigenvalue weighted by molar-refractivity contribution is 0.481. The summed E-state index contributed by atoms with van der Waals surface area (Å²) in [6, 6.07) is 7.36. The molecule has 1 aromatic heterocycles. The summed E-state index contributed by atoms with van der Waals surface area (Å²) in [7, 11) is -8.81. The lowest BCUT2D eigenvalue weighted by Crippen LogP contribution is -2.02. The summed E-state index contributed by atoms with van der Waals surface area (Å²) in [6.45, 7) is 0. The molecule has 2 aromatic carbocycles. The van der Waals surface area contributed by atoms with Crippen LogP contribution in [0.4, 0.5) is 5.69 Å². The van der Waals surface area contributed by atoms with Crippen molar-refractivity contribution in [3.05, 3.63) is 36.4 Å². The monoisotopic (exact) mass is 370 g/mol. The normalized spacial score (nSPS) is 12.6. The van der Waals surface area contributed by atoms with E-state index in [-0.39, 0.29) is 21.6 Å². The van der Waals surface area contributed by atoms with Crippen LogP contribution in [0.25, 0.3) is 16.7 Å². The smallest absolute Gasteiger partial charge is 0.296 e. The first-order valence-corrected chi connectivity index (χ1v) is 9.16. The molecule has 0 bridgehead atoms. The number of rotatable bonds is 3. The average molecular weight is 370 g/mol.